The normalized spacial score (nSPS) is 12.4. The van der Waals surface area contributed by atoms with Crippen LogP contribution in [0.2, 0.25) is 0 Å². The molecule has 1 atom stereocenters. The molecule has 0 amide bonds. The van der Waals surface area contributed by atoms with Gasteiger partial charge in [0, 0.05) is 16.3 Å². The molecule has 1 aromatic carbocycles. The van der Waals surface area contributed by atoms with Gasteiger partial charge in [0.1, 0.15) is 17.5 Å². The molecule has 0 fully saturated rings. The summed E-state index contributed by atoms with van der Waals surface area (Å²) in [5.74, 6) is 0.770. The molecule has 0 saturated carbocycles. The molecule has 90 valence electrons. The first-order chi connectivity index (χ1) is 8.20. The number of ether oxygens (including phenoxy) is 1. The maximum atomic E-state index is 9.99. The number of methoxy groups -OCH3 is 1. The van der Waals surface area contributed by atoms with E-state index in [0.29, 0.717) is 12.1 Å². The number of aliphatic hydroxyl groups is 1. The van der Waals surface area contributed by atoms with E-state index in [1.165, 1.54) is 11.5 Å². The summed E-state index contributed by atoms with van der Waals surface area (Å²) in [7, 11) is 1.62. The highest BCUT2D eigenvalue weighted by molar-refractivity contribution is 9.10. The molecule has 0 aliphatic rings. The fourth-order valence-corrected chi connectivity index (χ4v) is 2.37. The standard InChI is InChI=1S/C11H11BrN2O2S/c1-16-8-2-3-9(12)7(4-8)5-11(15)10-6-17-14-13-10/h2-4,6,11,15H,5H2,1H3. The largest absolute Gasteiger partial charge is 0.497 e. The van der Waals surface area contributed by atoms with Crippen molar-refractivity contribution in [3.8, 4) is 5.75 Å². The summed E-state index contributed by atoms with van der Waals surface area (Å²) in [6.45, 7) is 0. The summed E-state index contributed by atoms with van der Waals surface area (Å²) in [4.78, 5) is 0. The van der Waals surface area contributed by atoms with E-state index < -0.39 is 6.10 Å². The molecule has 0 radical (unpaired) electrons. The van der Waals surface area contributed by atoms with Crippen LogP contribution < -0.4 is 4.74 Å². The summed E-state index contributed by atoms with van der Waals surface area (Å²) in [6, 6.07) is 5.66. The highest BCUT2D eigenvalue weighted by Crippen LogP contribution is 2.26. The predicted octanol–water partition coefficient (Wildman–Crippen LogP) is 2.59. The maximum Gasteiger partial charge on any atom is 0.119 e. The van der Waals surface area contributed by atoms with Gasteiger partial charge in [-0.05, 0) is 35.3 Å². The van der Waals surface area contributed by atoms with Gasteiger partial charge in [-0.15, -0.1) is 5.10 Å². The minimum Gasteiger partial charge on any atom is -0.497 e. The van der Waals surface area contributed by atoms with Crippen molar-refractivity contribution in [2.45, 2.75) is 12.5 Å². The van der Waals surface area contributed by atoms with Gasteiger partial charge < -0.3 is 9.84 Å². The third-order valence-electron chi connectivity index (χ3n) is 2.38. The second-order valence-corrected chi connectivity index (χ2v) is 4.97. The van der Waals surface area contributed by atoms with Gasteiger partial charge in [-0.25, -0.2) is 0 Å². The molecule has 17 heavy (non-hydrogen) atoms. The lowest BCUT2D eigenvalue weighted by molar-refractivity contribution is 0.173. The van der Waals surface area contributed by atoms with Crippen LogP contribution in [0, 0.1) is 0 Å². The fraction of sp³-hybridized carbons (Fsp3) is 0.273. The highest BCUT2D eigenvalue weighted by Gasteiger charge is 2.13. The van der Waals surface area contributed by atoms with E-state index in [0.717, 1.165) is 15.8 Å². The van der Waals surface area contributed by atoms with Crippen molar-refractivity contribution in [2.24, 2.45) is 0 Å². The zero-order valence-corrected chi connectivity index (χ0v) is 11.5. The van der Waals surface area contributed by atoms with Gasteiger partial charge in [-0.2, -0.15) is 0 Å². The zero-order chi connectivity index (χ0) is 12.3. The molecule has 1 unspecified atom stereocenters. The SMILES string of the molecule is COc1ccc(Br)c(CC(O)c2csnn2)c1. The highest BCUT2D eigenvalue weighted by atomic mass is 79.9. The number of hydrogen-bond donors (Lipinski definition) is 1. The molecule has 0 bridgehead atoms. The Bertz CT molecular complexity index is 490. The number of halogens is 1. The number of hydrogen-bond acceptors (Lipinski definition) is 5. The Hall–Kier alpha value is -0.980. The molecule has 0 aliphatic carbocycles. The van der Waals surface area contributed by atoms with E-state index in [-0.39, 0.29) is 0 Å². The summed E-state index contributed by atoms with van der Waals surface area (Å²) >= 11 is 4.68. The van der Waals surface area contributed by atoms with Crippen LogP contribution in [0.1, 0.15) is 17.4 Å². The van der Waals surface area contributed by atoms with Crippen LogP contribution in [0.3, 0.4) is 0 Å². The molecule has 2 rings (SSSR count). The number of aromatic nitrogens is 2. The number of rotatable bonds is 4. The lowest BCUT2D eigenvalue weighted by Crippen LogP contribution is -2.03. The monoisotopic (exact) mass is 314 g/mol. The maximum absolute atomic E-state index is 9.99. The topological polar surface area (TPSA) is 55.2 Å². The van der Waals surface area contributed by atoms with Gasteiger partial charge in [0.25, 0.3) is 0 Å². The quantitative estimate of drug-likeness (QED) is 0.942. The van der Waals surface area contributed by atoms with Gasteiger partial charge in [-0.1, -0.05) is 20.4 Å². The lowest BCUT2D eigenvalue weighted by Gasteiger charge is -2.10. The number of aliphatic hydroxyl groups excluding tert-OH is 1. The molecule has 4 nitrogen and oxygen atoms in total. The summed E-state index contributed by atoms with van der Waals surface area (Å²) < 4.78 is 9.83. The van der Waals surface area contributed by atoms with Gasteiger partial charge >= 0.3 is 0 Å². The van der Waals surface area contributed by atoms with Crippen LogP contribution in [0.15, 0.2) is 28.1 Å². The Kier molecular flexibility index (Phi) is 4.09. The lowest BCUT2D eigenvalue weighted by atomic mass is 10.1. The molecule has 0 aliphatic heterocycles. The Balaban J connectivity index is 2.18. The molecular weight excluding hydrogens is 304 g/mol. The Morgan fingerprint density at radius 3 is 3.00 bits per heavy atom. The van der Waals surface area contributed by atoms with Crippen LogP contribution in [-0.4, -0.2) is 21.8 Å². The van der Waals surface area contributed by atoms with Crippen LogP contribution >= 0.6 is 27.5 Å². The van der Waals surface area contributed by atoms with E-state index in [1.54, 1.807) is 12.5 Å². The van der Waals surface area contributed by atoms with E-state index >= 15 is 0 Å². The first-order valence-electron chi connectivity index (χ1n) is 4.98. The van der Waals surface area contributed by atoms with Crippen molar-refractivity contribution in [3.05, 3.63) is 39.3 Å². The summed E-state index contributed by atoms with van der Waals surface area (Å²) in [6.07, 6.45) is -0.166. The Labute approximate surface area is 112 Å². The average molecular weight is 315 g/mol. The molecular formula is C11H11BrN2O2S. The minimum absolute atomic E-state index is 0.475. The second-order valence-electron chi connectivity index (χ2n) is 3.51. The Morgan fingerprint density at radius 2 is 2.35 bits per heavy atom. The molecule has 0 spiro atoms. The molecule has 1 heterocycles. The third-order valence-corrected chi connectivity index (χ3v) is 3.68. The summed E-state index contributed by atoms with van der Waals surface area (Å²) in [5, 5.41) is 15.6. The van der Waals surface area contributed by atoms with Crippen molar-refractivity contribution in [1.29, 1.82) is 0 Å². The molecule has 1 aromatic heterocycles. The van der Waals surface area contributed by atoms with Crippen molar-refractivity contribution in [3.63, 3.8) is 0 Å². The van der Waals surface area contributed by atoms with Crippen molar-refractivity contribution in [2.75, 3.05) is 7.11 Å². The van der Waals surface area contributed by atoms with Crippen LogP contribution in [0.25, 0.3) is 0 Å². The van der Waals surface area contributed by atoms with Gasteiger partial charge in [0.15, 0.2) is 0 Å². The van der Waals surface area contributed by atoms with Crippen LogP contribution in [0.4, 0.5) is 0 Å². The van der Waals surface area contributed by atoms with Gasteiger partial charge in [-0.3, -0.25) is 0 Å². The van der Waals surface area contributed by atoms with E-state index in [2.05, 4.69) is 25.5 Å². The third kappa shape index (κ3) is 3.02. The van der Waals surface area contributed by atoms with Gasteiger partial charge in [0.05, 0.1) is 7.11 Å². The van der Waals surface area contributed by atoms with Crippen molar-refractivity contribution >= 4 is 27.5 Å². The molecule has 0 saturated heterocycles. The molecule has 2 aromatic rings. The summed E-state index contributed by atoms with van der Waals surface area (Å²) in [5.41, 5.74) is 1.58. The first-order valence-corrected chi connectivity index (χ1v) is 6.61. The van der Waals surface area contributed by atoms with Crippen molar-refractivity contribution < 1.29 is 9.84 Å². The zero-order valence-electron chi connectivity index (χ0n) is 9.13. The molecule has 1 N–H and O–H groups in total. The average Bonchev–Trinajstić information content (AvgIpc) is 2.85. The van der Waals surface area contributed by atoms with Crippen LogP contribution in [0.5, 0.6) is 5.75 Å². The fourth-order valence-electron chi connectivity index (χ4n) is 1.46. The first kappa shape index (κ1) is 12.5. The molecule has 6 heteroatoms. The van der Waals surface area contributed by atoms with E-state index in [9.17, 15) is 5.11 Å². The number of benzene rings is 1. The smallest absolute Gasteiger partial charge is 0.119 e. The minimum atomic E-state index is -0.642. The van der Waals surface area contributed by atoms with E-state index in [1.807, 2.05) is 18.2 Å². The van der Waals surface area contributed by atoms with Gasteiger partial charge in [0.2, 0.25) is 0 Å². The second kappa shape index (κ2) is 5.57. The predicted molar refractivity (Wildman–Crippen MR) is 69.3 cm³/mol. The van der Waals surface area contributed by atoms with Crippen molar-refractivity contribution in [1.82, 2.24) is 9.59 Å². The van der Waals surface area contributed by atoms with Crippen LogP contribution in [-0.2, 0) is 6.42 Å². The number of nitrogens with zero attached hydrogens (tertiary/aromatic N) is 2. The van der Waals surface area contributed by atoms with E-state index in [4.69, 9.17) is 4.74 Å². The Morgan fingerprint density at radius 1 is 1.53 bits per heavy atom.